The number of aliphatic imine (C=N–C) groups is 1. The number of ether oxygens (including phenoxy) is 1. The van der Waals surface area contributed by atoms with Crippen molar-refractivity contribution in [2.75, 3.05) is 6.61 Å². The maximum Gasteiger partial charge on any atom is 0.332 e. The van der Waals surface area contributed by atoms with Crippen molar-refractivity contribution in [3.8, 4) is 0 Å². The first-order valence-corrected chi connectivity index (χ1v) is 13.1. The third-order valence-electron chi connectivity index (χ3n) is 7.23. The zero-order valence-electron chi connectivity index (χ0n) is 21.7. The van der Waals surface area contributed by atoms with Crippen LogP contribution in [-0.4, -0.2) is 42.4 Å². The smallest absolute Gasteiger partial charge is 0.332 e. The third kappa shape index (κ3) is 4.74. The summed E-state index contributed by atoms with van der Waals surface area (Å²) in [6, 6.07) is 0. The summed E-state index contributed by atoms with van der Waals surface area (Å²) in [6.07, 6.45) is 9.61. The fourth-order valence-electron chi connectivity index (χ4n) is 5.24. The standard InChI is InChI=1S/C28H33N5O4/c1-4-31-26-24(27(35)32(28(31)36)13-8-14-34)33(17-20-9-6-5-7-10-20)25(30-26)22-11-12-23(29-19(22)3)37-21-15-18(2)16-21/h5-6,9,18,21,34H,4,8,11-17H2,1-3H3. The lowest BCUT2D eigenvalue weighted by Gasteiger charge is -2.33. The van der Waals surface area contributed by atoms with Gasteiger partial charge in [-0.05, 0) is 57.6 Å². The first-order chi connectivity index (χ1) is 17.9. The highest BCUT2D eigenvalue weighted by Gasteiger charge is 2.30. The van der Waals surface area contributed by atoms with E-state index < -0.39 is 11.2 Å². The molecule has 2 aromatic rings. The monoisotopic (exact) mass is 503 g/mol. The van der Waals surface area contributed by atoms with E-state index in [2.05, 4.69) is 18.4 Å². The molecule has 3 aliphatic rings. The Morgan fingerprint density at radius 3 is 2.65 bits per heavy atom. The highest BCUT2D eigenvalue weighted by molar-refractivity contribution is 5.86. The first-order valence-electron chi connectivity index (χ1n) is 13.1. The van der Waals surface area contributed by atoms with Crippen LogP contribution in [0.1, 0.15) is 58.7 Å². The molecule has 9 heteroatoms. The Kier molecular flexibility index (Phi) is 7.02. The minimum absolute atomic E-state index is 0.108. The summed E-state index contributed by atoms with van der Waals surface area (Å²) in [7, 11) is 0. The van der Waals surface area contributed by atoms with E-state index in [4.69, 9.17) is 14.7 Å². The van der Waals surface area contributed by atoms with E-state index in [1.54, 1.807) is 6.08 Å². The van der Waals surface area contributed by atoms with Crippen LogP contribution in [0.3, 0.4) is 0 Å². The van der Waals surface area contributed by atoms with Crippen molar-refractivity contribution < 1.29 is 9.84 Å². The molecule has 0 amide bonds. The molecule has 2 aliphatic carbocycles. The summed E-state index contributed by atoms with van der Waals surface area (Å²) in [5.41, 5.74) is 8.59. The van der Waals surface area contributed by atoms with Gasteiger partial charge in [-0.2, -0.15) is 0 Å². The van der Waals surface area contributed by atoms with Gasteiger partial charge in [0, 0.05) is 43.0 Å². The Hall–Kier alpha value is -3.64. The normalized spacial score (nSPS) is 20.9. The number of nitrogens with zero attached hydrogens (tertiary/aromatic N) is 5. The van der Waals surface area contributed by atoms with Gasteiger partial charge in [0.15, 0.2) is 17.1 Å². The molecule has 0 saturated heterocycles. The van der Waals surface area contributed by atoms with Gasteiger partial charge in [0.25, 0.3) is 5.56 Å². The van der Waals surface area contributed by atoms with Gasteiger partial charge in [-0.25, -0.2) is 14.8 Å². The minimum Gasteiger partial charge on any atom is -0.477 e. The van der Waals surface area contributed by atoms with Gasteiger partial charge >= 0.3 is 5.69 Å². The van der Waals surface area contributed by atoms with Crippen molar-refractivity contribution in [2.24, 2.45) is 10.9 Å². The number of aliphatic hydroxyl groups is 1. The molecule has 9 nitrogen and oxygen atoms in total. The summed E-state index contributed by atoms with van der Waals surface area (Å²) in [4.78, 5) is 36.5. The SMILES string of the molecule is CCn1c(=O)n(CCCO)c(=O)c2c1nc(C1=C(C)N=C(OC3CC(C)C3)CC1)n2CC1=C=C=CC=C1. The van der Waals surface area contributed by atoms with E-state index in [-0.39, 0.29) is 19.3 Å². The van der Waals surface area contributed by atoms with Gasteiger partial charge in [0.05, 0.1) is 6.54 Å². The molecule has 2 aromatic heterocycles. The molecular formula is C28H33N5O4. The third-order valence-corrected chi connectivity index (χ3v) is 7.23. The van der Waals surface area contributed by atoms with E-state index >= 15 is 0 Å². The zero-order chi connectivity index (χ0) is 26.1. The van der Waals surface area contributed by atoms with Crippen LogP contribution in [0.2, 0.25) is 0 Å². The molecule has 5 rings (SSSR count). The summed E-state index contributed by atoms with van der Waals surface area (Å²) >= 11 is 0. The van der Waals surface area contributed by atoms with Crippen molar-refractivity contribution in [3.05, 3.63) is 67.6 Å². The summed E-state index contributed by atoms with van der Waals surface area (Å²) in [6.45, 7) is 6.78. The second kappa shape index (κ2) is 10.4. The predicted molar refractivity (Wildman–Crippen MR) is 142 cm³/mol. The van der Waals surface area contributed by atoms with E-state index in [1.807, 2.05) is 30.6 Å². The Bertz CT molecular complexity index is 1550. The fourth-order valence-corrected chi connectivity index (χ4v) is 5.24. The number of imidazole rings is 1. The van der Waals surface area contributed by atoms with E-state index in [9.17, 15) is 14.7 Å². The van der Waals surface area contributed by atoms with Crippen LogP contribution in [0.5, 0.6) is 0 Å². The van der Waals surface area contributed by atoms with Gasteiger partial charge in [-0.1, -0.05) is 24.5 Å². The Morgan fingerprint density at radius 1 is 1.19 bits per heavy atom. The van der Waals surface area contributed by atoms with Gasteiger partial charge < -0.3 is 14.4 Å². The summed E-state index contributed by atoms with van der Waals surface area (Å²) in [5, 5.41) is 9.33. The molecule has 3 heterocycles. The number of aliphatic hydroxyl groups excluding tert-OH is 1. The van der Waals surface area contributed by atoms with Crippen LogP contribution < -0.4 is 11.2 Å². The molecule has 0 atom stereocenters. The fraction of sp³-hybridized carbons (Fsp3) is 0.500. The molecule has 1 aliphatic heterocycles. The van der Waals surface area contributed by atoms with Crippen molar-refractivity contribution >= 4 is 22.6 Å². The van der Waals surface area contributed by atoms with E-state index in [1.165, 1.54) is 9.13 Å². The quantitative estimate of drug-likeness (QED) is 0.557. The lowest BCUT2D eigenvalue weighted by molar-refractivity contribution is 0.0601. The van der Waals surface area contributed by atoms with Crippen LogP contribution in [0.15, 0.2) is 55.5 Å². The number of allylic oxidation sites excluding steroid dienone is 6. The lowest BCUT2D eigenvalue weighted by Crippen LogP contribution is -2.40. The molecular weight excluding hydrogens is 470 g/mol. The highest BCUT2D eigenvalue weighted by Crippen LogP contribution is 2.34. The van der Waals surface area contributed by atoms with E-state index in [0.717, 1.165) is 35.6 Å². The zero-order valence-corrected chi connectivity index (χ0v) is 21.7. The van der Waals surface area contributed by atoms with Crippen LogP contribution in [0.4, 0.5) is 0 Å². The van der Waals surface area contributed by atoms with Crippen molar-refractivity contribution in [1.29, 1.82) is 0 Å². The van der Waals surface area contributed by atoms with Crippen LogP contribution in [0, 0.1) is 5.92 Å². The molecule has 1 fully saturated rings. The van der Waals surface area contributed by atoms with Crippen molar-refractivity contribution in [3.63, 3.8) is 0 Å². The average molecular weight is 504 g/mol. The van der Waals surface area contributed by atoms with Crippen molar-refractivity contribution in [2.45, 2.75) is 78.6 Å². The Morgan fingerprint density at radius 2 is 2.00 bits per heavy atom. The molecule has 0 radical (unpaired) electrons. The average Bonchev–Trinajstić information content (AvgIpc) is 3.22. The Labute approximate surface area is 215 Å². The maximum atomic E-state index is 13.7. The lowest BCUT2D eigenvalue weighted by atomic mass is 9.84. The topological polar surface area (TPSA) is 104 Å². The maximum absolute atomic E-state index is 13.7. The predicted octanol–water partition coefficient (Wildman–Crippen LogP) is 3.31. The molecule has 0 aromatic carbocycles. The van der Waals surface area contributed by atoms with Gasteiger partial charge in [-0.15, -0.1) is 0 Å². The van der Waals surface area contributed by atoms with Gasteiger partial charge in [0.2, 0.25) is 0 Å². The number of aryl methyl sites for hydroxylation is 1. The van der Waals surface area contributed by atoms with Gasteiger partial charge in [0.1, 0.15) is 11.9 Å². The molecule has 1 N–H and O–H groups in total. The largest absolute Gasteiger partial charge is 0.477 e. The van der Waals surface area contributed by atoms with Crippen LogP contribution in [0.25, 0.3) is 16.7 Å². The second-order valence-electron chi connectivity index (χ2n) is 9.96. The number of fused-ring (bicyclic) bond motifs is 1. The Balaban J connectivity index is 1.68. The molecule has 0 bridgehead atoms. The first kappa shape index (κ1) is 25.0. The molecule has 0 unspecified atom stereocenters. The van der Waals surface area contributed by atoms with Crippen molar-refractivity contribution in [1.82, 2.24) is 18.7 Å². The van der Waals surface area contributed by atoms with Crippen LogP contribution in [-0.2, 0) is 24.4 Å². The molecule has 194 valence electrons. The van der Waals surface area contributed by atoms with Gasteiger partial charge in [-0.3, -0.25) is 13.9 Å². The van der Waals surface area contributed by atoms with E-state index in [0.29, 0.717) is 55.3 Å². The molecule has 1 saturated carbocycles. The summed E-state index contributed by atoms with van der Waals surface area (Å²) < 4.78 is 10.7. The number of rotatable bonds is 8. The number of hydrogen-bond donors (Lipinski definition) is 1. The highest BCUT2D eigenvalue weighted by atomic mass is 16.5. The number of aromatic nitrogens is 4. The number of hydrogen-bond acceptors (Lipinski definition) is 6. The minimum atomic E-state index is -0.415. The molecule has 0 spiro atoms. The summed E-state index contributed by atoms with van der Waals surface area (Å²) in [5.74, 6) is 2.08. The van der Waals surface area contributed by atoms with Crippen LogP contribution >= 0.6 is 0 Å². The second-order valence-corrected chi connectivity index (χ2v) is 9.96. The molecule has 37 heavy (non-hydrogen) atoms.